The molecule has 0 bridgehead atoms. The molecule has 1 N–H and O–H groups in total. The summed E-state index contributed by atoms with van der Waals surface area (Å²) in [5.74, 6) is -1.38. The molecule has 1 aliphatic heterocycles. The molecule has 1 heterocycles. The summed E-state index contributed by atoms with van der Waals surface area (Å²) in [6, 6.07) is 0. The Morgan fingerprint density at radius 2 is 2.14 bits per heavy atom. The van der Waals surface area contributed by atoms with Gasteiger partial charge in [-0.15, -0.1) is 0 Å². The molecule has 120 valence electrons. The Morgan fingerprint density at radius 3 is 2.77 bits per heavy atom. The Hall–Kier alpha value is -1.62. The van der Waals surface area contributed by atoms with E-state index in [1.807, 2.05) is 6.92 Å². The summed E-state index contributed by atoms with van der Waals surface area (Å²) in [5.41, 5.74) is 0.803. The summed E-state index contributed by atoms with van der Waals surface area (Å²) in [6.07, 6.45) is 0.372. The second-order valence-electron chi connectivity index (χ2n) is 6.97. The van der Waals surface area contributed by atoms with Gasteiger partial charge in [0, 0.05) is 23.8 Å². The zero-order valence-corrected chi connectivity index (χ0v) is 13.0. The summed E-state index contributed by atoms with van der Waals surface area (Å²) in [7, 11) is 0. The fraction of sp³-hybridized carbons (Fsp3) is 0.647. The van der Waals surface area contributed by atoms with E-state index in [0.717, 1.165) is 5.57 Å². The largest absolute Gasteiger partial charge is 0.461 e. The molecule has 6 atom stereocenters. The highest BCUT2D eigenvalue weighted by molar-refractivity contribution is 5.91. The van der Waals surface area contributed by atoms with Gasteiger partial charge < -0.3 is 14.6 Å². The number of aliphatic hydroxyl groups is 1. The maximum absolute atomic E-state index is 11.9. The van der Waals surface area contributed by atoms with E-state index in [2.05, 4.69) is 13.2 Å². The number of carbonyl (C=O) groups is 2. The maximum Gasteiger partial charge on any atom is 0.334 e. The zero-order valence-electron chi connectivity index (χ0n) is 13.0. The van der Waals surface area contributed by atoms with Crippen molar-refractivity contribution < 1.29 is 24.2 Å². The van der Waals surface area contributed by atoms with Crippen LogP contribution in [-0.2, 0) is 19.1 Å². The summed E-state index contributed by atoms with van der Waals surface area (Å²) in [6.45, 7) is 11.3. The lowest BCUT2D eigenvalue weighted by atomic mass is 9.53. The Bertz CT molecular complexity index is 565. The molecule has 1 saturated heterocycles. The molecular weight excluding hydrogens is 284 g/mol. The SMILES string of the molecule is C=C1CC[C@@H](O)[C@]2(C)C[C@@H]3OC(=O)C(=C)[C@@H]3[C@H](OC(C)=O)C12. The lowest BCUT2D eigenvalue weighted by Gasteiger charge is -2.54. The third-order valence-electron chi connectivity index (χ3n) is 5.60. The summed E-state index contributed by atoms with van der Waals surface area (Å²) < 4.78 is 11.0. The Labute approximate surface area is 130 Å². The fourth-order valence-corrected chi connectivity index (χ4v) is 4.55. The minimum atomic E-state index is -0.553. The lowest BCUT2D eigenvalue weighted by Crippen LogP contribution is -2.58. The van der Waals surface area contributed by atoms with Crippen LogP contribution in [0.25, 0.3) is 0 Å². The molecule has 0 aromatic heterocycles. The Morgan fingerprint density at radius 1 is 1.45 bits per heavy atom. The second-order valence-corrected chi connectivity index (χ2v) is 6.97. The number of hydrogen-bond donors (Lipinski definition) is 1. The molecule has 0 aromatic carbocycles. The number of hydrogen-bond acceptors (Lipinski definition) is 5. The van der Waals surface area contributed by atoms with Crippen molar-refractivity contribution in [3.05, 3.63) is 24.3 Å². The highest BCUT2D eigenvalue weighted by Gasteiger charge is 2.61. The topological polar surface area (TPSA) is 72.8 Å². The maximum atomic E-state index is 11.9. The quantitative estimate of drug-likeness (QED) is 0.454. The van der Waals surface area contributed by atoms with E-state index < -0.39 is 35.7 Å². The molecular formula is C17H22O5. The first-order chi connectivity index (χ1) is 10.3. The van der Waals surface area contributed by atoms with Crippen molar-refractivity contribution in [3.8, 4) is 0 Å². The van der Waals surface area contributed by atoms with Gasteiger partial charge >= 0.3 is 11.9 Å². The van der Waals surface area contributed by atoms with Crippen molar-refractivity contribution in [1.82, 2.24) is 0 Å². The van der Waals surface area contributed by atoms with Gasteiger partial charge in [0.15, 0.2) is 0 Å². The van der Waals surface area contributed by atoms with Gasteiger partial charge in [-0.1, -0.05) is 25.7 Å². The van der Waals surface area contributed by atoms with Crippen LogP contribution in [0.3, 0.4) is 0 Å². The lowest BCUT2D eigenvalue weighted by molar-refractivity contribution is -0.178. The number of fused-ring (bicyclic) bond motifs is 2. The van der Waals surface area contributed by atoms with E-state index in [0.29, 0.717) is 24.8 Å². The normalized spacial score (nSPS) is 44.1. The molecule has 0 spiro atoms. The smallest absolute Gasteiger partial charge is 0.334 e. The third kappa shape index (κ3) is 2.02. The van der Waals surface area contributed by atoms with Gasteiger partial charge in [-0.2, -0.15) is 0 Å². The zero-order chi connectivity index (χ0) is 16.2. The molecule has 5 nitrogen and oxygen atoms in total. The van der Waals surface area contributed by atoms with Crippen molar-refractivity contribution in [3.63, 3.8) is 0 Å². The van der Waals surface area contributed by atoms with Gasteiger partial charge in [-0.3, -0.25) is 4.79 Å². The van der Waals surface area contributed by atoms with Crippen LogP contribution >= 0.6 is 0 Å². The molecule has 3 rings (SSSR count). The monoisotopic (exact) mass is 306 g/mol. The second kappa shape index (κ2) is 4.95. The molecule has 5 heteroatoms. The van der Waals surface area contributed by atoms with Crippen LogP contribution in [-0.4, -0.2) is 35.4 Å². The van der Waals surface area contributed by atoms with Gasteiger partial charge in [0.05, 0.1) is 12.0 Å². The standard InChI is InChI=1S/C17H22O5/c1-8-5-6-12(19)17(4)7-11-13(9(2)16(20)22-11)15(14(8)17)21-10(3)18/h11-15,19H,1-2,5-7H2,3-4H3/t11-,12+,13-,14?,15-,17-/m0/s1. The fourth-order valence-electron chi connectivity index (χ4n) is 4.55. The first-order valence-electron chi connectivity index (χ1n) is 7.68. The average molecular weight is 306 g/mol. The van der Waals surface area contributed by atoms with E-state index in [9.17, 15) is 14.7 Å². The van der Waals surface area contributed by atoms with E-state index in [4.69, 9.17) is 9.47 Å². The van der Waals surface area contributed by atoms with E-state index in [-0.39, 0.29) is 11.8 Å². The minimum absolute atomic E-state index is 0.187. The Balaban J connectivity index is 2.06. The van der Waals surface area contributed by atoms with Crippen LogP contribution in [0.2, 0.25) is 0 Å². The van der Waals surface area contributed by atoms with Gasteiger partial charge in [-0.05, 0) is 19.3 Å². The predicted molar refractivity (Wildman–Crippen MR) is 78.7 cm³/mol. The molecule has 0 amide bonds. The number of rotatable bonds is 1. The average Bonchev–Trinajstić information content (AvgIpc) is 2.68. The number of carbonyl (C=O) groups excluding carboxylic acids is 2. The summed E-state index contributed by atoms with van der Waals surface area (Å²) in [4.78, 5) is 23.5. The van der Waals surface area contributed by atoms with E-state index in [1.165, 1.54) is 6.92 Å². The number of ether oxygens (including phenoxy) is 2. The first-order valence-corrected chi connectivity index (χ1v) is 7.68. The summed E-state index contributed by atoms with van der Waals surface area (Å²) in [5, 5.41) is 10.5. The highest BCUT2D eigenvalue weighted by atomic mass is 16.6. The molecule has 2 saturated carbocycles. The van der Waals surface area contributed by atoms with Crippen molar-refractivity contribution in [2.24, 2.45) is 17.3 Å². The van der Waals surface area contributed by atoms with Crippen molar-refractivity contribution in [2.45, 2.75) is 51.4 Å². The summed E-state index contributed by atoms with van der Waals surface area (Å²) >= 11 is 0. The van der Waals surface area contributed by atoms with Gasteiger partial charge in [-0.25, -0.2) is 4.79 Å². The number of esters is 2. The first kappa shape index (κ1) is 15.3. The van der Waals surface area contributed by atoms with Crippen molar-refractivity contribution in [1.29, 1.82) is 0 Å². The van der Waals surface area contributed by atoms with Crippen LogP contribution in [0.15, 0.2) is 24.3 Å². The van der Waals surface area contributed by atoms with Crippen LogP contribution in [0.5, 0.6) is 0 Å². The van der Waals surface area contributed by atoms with Crippen molar-refractivity contribution >= 4 is 11.9 Å². The third-order valence-corrected chi connectivity index (χ3v) is 5.60. The van der Waals surface area contributed by atoms with Crippen LogP contribution in [0.1, 0.15) is 33.1 Å². The molecule has 1 unspecified atom stereocenters. The highest BCUT2D eigenvalue weighted by Crippen LogP contribution is 2.57. The molecule has 3 fully saturated rings. The molecule has 2 aliphatic carbocycles. The van der Waals surface area contributed by atoms with Crippen molar-refractivity contribution in [2.75, 3.05) is 0 Å². The van der Waals surface area contributed by atoms with Crippen LogP contribution < -0.4 is 0 Å². The van der Waals surface area contributed by atoms with Crippen LogP contribution in [0, 0.1) is 17.3 Å². The molecule has 0 aromatic rings. The van der Waals surface area contributed by atoms with Gasteiger partial charge in [0.1, 0.15) is 12.2 Å². The molecule has 22 heavy (non-hydrogen) atoms. The molecule has 0 radical (unpaired) electrons. The molecule has 3 aliphatic rings. The van der Waals surface area contributed by atoms with Gasteiger partial charge in [0.25, 0.3) is 0 Å². The van der Waals surface area contributed by atoms with E-state index in [1.54, 1.807) is 0 Å². The van der Waals surface area contributed by atoms with Crippen LogP contribution in [0.4, 0.5) is 0 Å². The van der Waals surface area contributed by atoms with E-state index >= 15 is 0 Å². The number of aliphatic hydroxyl groups excluding tert-OH is 1. The minimum Gasteiger partial charge on any atom is -0.461 e. The Kier molecular flexibility index (Phi) is 3.44. The van der Waals surface area contributed by atoms with Gasteiger partial charge in [0.2, 0.25) is 0 Å². The predicted octanol–water partition coefficient (Wildman–Crippen LogP) is 1.75.